The fourth-order valence-electron chi connectivity index (χ4n) is 3.42. The van der Waals surface area contributed by atoms with Crippen LogP contribution in [0.15, 0.2) is 11.6 Å². The molecular weight excluding hydrogens is 176 g/mol. The second-order valence-corrected chi connectivity index (χ2v) is 5.27. The van der Waals surface area contributed by atoms with Gasteiger partial charge in [-0.3, -0.25) is 0 Å². The van der Waals surface area contributed by atoms with E-state index < -0.39 is 0 Å². The molecule has 1 spiro atoms. The number of hydrogen-bond donors (Lipinski definition) is 1. The molecule has 2 aliphatic carbocycles. The Labute approximate surface area is 85.0 Å². The monoisotopic (exact) mass is 194 g/mol. The number of epoxide rings is 1. The van der Waals surface area contributed by atoms with Crippen LogP contribution in [0, 0.1) is 11.8 Å². The smallest absolute Gasteiger partial charge is 0.0974 e. The first-order valence-electron chi connectivity index (χ1n) is 5.69. The van der Waals surface area contributed by atoms with Gasteiger partial charge in [0.2, 0.25) is 0 Å². The fourth-order valence-corrected chi connectivity index (χ4v) is 3.42. The summed E-state index contributed by atoms with van der Waals surface area (Å²) in [4.78, 5) is 0. The van der Waals surface area contributed by atoms with Crippen LogP contribution < -0.4 is 0 Å². The SMILES string of the molecule is CC1=CC2CC(O)CC3(CO3)C2CC1. The van der Waals surface area contributed by atoms with Crippen molar-refractivity contribution in [2.24, 2.45) is 11.8 Å². The summed E-state index contributed by atoms with van der Waals surface area (Å²) < 4.78 is 5.62. The fraction of sp³-hybridized carbons (Fsp3) is 0.833. The van der Waals surface area contributed by atoms with E-state index in [-0.39, 0.29) is 11.7 Å². The lowest BCUT2D eigenvalue weighted by Crippen LogP contribution is -2.42. The zero-order valence-corrected chi connectivity index (χ0v) is 8.70. The van der Waals surface area contributed by atoms with E-state index in [0.717, 1.165) is 19.4 Å². The van der Waals surface area contributed by atoms with Crippen LogP contribution >= 0.6 is 0 Å². The molecule has 1 saturated carbocycles. The van der Waals surface area contributed by atoms with Crippen molar-refractivity contribution in [1.82, 2.24) is 0 Å². The van der Waals surface area contributed by atoms with Gasteiger partial charge in [0.05, 0.1) is 18.3 Å². The van der Waals surface area contributed by atoms with Gasteiger partial charge in [0, 0.05) is 6.42 Å². The van der Waals surface area contributed by atoms with E-state index in [2.05, 4.69) is 13.0 Å². The van der Waals surface area contributed by atoms with Crippen LogP contribution in [0.1, 0.15) is 32.6 Å². The van der Waals surface area contributed by atoms with Gasteiger partial charge >= 0.3 is 0 Å². The summed E-state index contributed by atoms with van der Waals surface area (Å²) in [5.74, 6) is 1.27. The van der Waals surface area contributed by atoms with Crippen molar-refractivity contribution < 1.29 is 9.84 Å². The molecule has 2 heteroatoms. The largest absolute Gasteiger partial charge is 0.393 e. The maximum absolute atomic E-state index is 9.80. The van der Waals surface area contributed by atoms with Crippen LogP contribution in [0.3, 0.4) is 0 Å². The molecule has 0 aromatic rings. The molecule has 0 aromatic heterocycles. The molecule has 14 heavy (non-hydrogen) atoms. The molecule has 3 rings (SSSR count). The summed E-state index contributed by atoms with van der Waals surface area (Å²) in [6, 6.07) is 0. The topological polar surface area (TPSA) is 32.8 Å². The first-order valence-corrected chi connectivity index (χ1v) is 5.69. The van der Waals surface area contributed by atoms with Gasteiger partial charge in [0.25, 0.3) is 0 Å². The zero-order valence-electron chi connectivity index (χ0n) is 8.70. The van der Waals surface area contributed by atoms with Crippen molar-refractivity contribution in [3.8, 4) is 0 Å². The Morgan fingerprint density at radius 1 is 1.57 bits per heavy atom. The number of ether oxygens (including phenoxy) is 1. The minimum atomic E-state index is -0.138. The highest BCUT2D eigenvalue weighted by Gasteiger charge is 2.57. The molecule has 2 nitrogen and oxygen atoms in total. The molecule has 0 radical (unpaired) electrons. The van der Waals surface area contributed by atoms with Gasteiger partial charge in [-0.15, -0.1) is 0 Å². The van der Waals surface area contributed by atoms with Crippen molar-refractivity contribution in [3.63, 3.8) is 0 Å². The van der Waals surface area contributed by atoms with Crippen molar-refractivity contribution in [3.05, 3.63) is 11.6 Å². The Morgan fingerprint density at radius 2 is 2.36 bits per heavy atom. The van der Waals surface area contributed by atoms with Gasteiger partial charge in [0.1, 0.15) is 0 Å². The van der Waals surface area contributed by atoms with Crippen LogP contribution in [0.5, 0.6) is 0 Å². The lowest BCUT2D eigenvalue weighted by Gasteiger charge is -2.40. The third-order valence-corrected chi connectivity index (χ3v) is 4.18. The highest BCUT2D eigenvalue weighted by molar-refractivity contribution is 5.16. The molecule has 1 heterocycles. The lowest BCUT2D eigenvalue weighted by molar-refractivity contribution is 0.0153. The van der Waals surface area contributed by atoms with Crippen LogP contribution in [-0.4, -0.2) is 23.4 Å². The number of aliphatic hydroxyl groups is 1. The molecular formula is C12H18O2. The number of hydrogen-bond acceptors (Lipinski definition) is 2. The summed E-state index contributed by atoms with van der Waals surface area (Å²) in [5, 5.41) is 9.80. The maximum Gasteiger partial charge on any atom is 0.0974 e. The summed E-state index contributed by atoms with van der Waals surface area (Å²) >= 11 is 0. The number of aliphatic hydroxyl groups excluding tert-OH is 1. The highest BCUT2D eigenvalue weighted by Crippen LogP contribution is 2.52. The Bertz CT molecular complexity index is 278. The third-order valence-electron chi connectivity index (χ3n) is 4.18. The molecule has 2 fully saturated rings. The van der Waals surface area contributed by atoms with Gasteiger partial charge in [-0.1, -0.05) is 11.6 Å². The average Bonchev–Trinajstić information content (AvgIpc) is 2.84. The quantitative estimate of drug-likeness (QED) is 0.472. The molecule has 0 amide bonds. The average molecular weight is 194 g/mol. The minimum absolute atomic E-state index is 0.0829. The second kappa shape index (κ2) is 2.83. The lowest BCUT2D eigenvalue weighted by atomic mass is 9.66. The van der Waals surface area contributed by atoms with Gasteiger partial charge in [0.15, 0.2) is 0 Å². The zero-order chi connectivity index (χ0) is 9.76. The predicted octanol–water partition coefficient (Wildman–Crippen LogP) is 1.88. The van der Waals surface area contributed by atoms with Crippen molar-refractivity contribution in [1.29, 1.82) is 0 Å². The number of rotatable bonds is 0. The Morgan fingerprint density at radius 3 is 3.07 bits per heavy atom. The summed E-state index contributed by atoms with van der Waals surface area (Å²) in [7, 11) is 0. The third kappa shape index (κ3) is 1.24. The molecule has 1 aliphatic heterocycles. The molecule has 1 saturated heterocycles. The van der Waals surface area contributed by atoms with Gasteiger partial charge in [-0.05, 0) is 38.0 Å². The first-order chi connectivity index (χ1) is 6.70. The van der Waals surface area contributed by atoms with E-state index in [1.54, 1.807) is 0 Å². The normalized spacial score (nSPS) is 51.3. The maximum atomic E-state index is 9.80. The van der Waals surface area contributed by atoms with Crippen molar-refractivity contribution in [2.45, 2.75) is 44.3 Å². The molecule has 0 bridgehead atoms. The number of allylic oxidation sites excluding steroid dienone is 2. The molecule has 3 aliphatic rings. The van der Waals surface area contributed by atoms with Crippen LogP contribution in [-0.2, 0) is 4.74 Å². The van der Waals surface area contributed by atoms with Gasteiger partial charge in [-0.25, -0.2) is 0 Å². The predicted molar refractivity (Wildman–Crippen MR) is 53.9 cm³/mol. The van der Waals surface area contributed by atoms with Crippen molar-refractivity contribution >= 4 is 0 Å². The molecule has 78 valence electrons. The van der Waals surface area contributed by atoms with Crippen molar-refractivity contribution in [2.75, 3.05) is 6.61 Å². The first kappa shape index (κ1) is 8.93. The van der Waals surface area contributed by atoms with Crippen LogP contribution in [0.4, 0.5) is 0 Å². The molecule has 1 N–H and O–H groups in total. The number of fused-ring (bicyclic) bond motifs is 2. The van der Waals surface area contributed by atoms with Crippen LogP contribution in [0.2, 0.25) is 0 Å². The van der Waals surface area contributed by atoms with E-state index in [0.29, 0.717) is 11.8 Å². The van der Waals surface area contributed by atoms with E-state index in [4.69, 9.17) is 4.74 Å². The standard InChI is InChI=1S/C12H18O2/c1-8-2-3-11-9(4-8)5-10(13)6-12(11)7-14-12/h4,9-11,13H,2-3,5-7H2,1H3. The van der Waals surface area contributed by atoms with Gasteiger partial charge in [-0.2, -0.15) is 0 Å². The Hall–Kier alpha value is -0.340. The van der Waals surface area contributed by atoms with E-state index in [9.17, 15) is 5.11 Å². The Kier molecular flexibility index (Phi) is 1.80. The van der Waals surface area contributed by atoms with Crippen LogP contribution in [0.25, 0.3) is 0 Å². The second-order valence-electron chi connectivity index (χ2n) is 5.27. The summed E-state index contributed by atoms with van der Waals surface area (Å²) in [5.41, 5.74) is 1.58. The Balaban J connectivity index is 1.88. The molecule has 4 unspecified atom stereocenters. The van der Waals surface area contributed by atoms with E-state index >= 15 is 0 Å². The highest BCUT2D eigenvalue weighted by atomic mass is 16.6. The molecule has 4 atom stereocenters. The van der Waals surface area contributed by atoms with Gasteiger partial charge < -0.3 is 9.84 Å². The van der Waals surface area contributed by atoms with E-state index in [1.165, 1.54) is 18.4 Å². The summed E-state index contributed by atoms with van der Waals surface area (Å²) in [6.45, 7) is 3.09. The molecule has 0 aromatic carbocycles. The minimum Gasteiger partial charge on any atom is -0.393 e. The summed E-state index contributed by atoms with van der Waals surface area (Å²) in [6.07, 6.45) is 6.55. The van der Waals surface area contributed by atoms with E-state index in [1.807, 2.05) is 0 Å².